The molecule has 7 heteroatoms. The standard InChI is InChI=1S/C24H28N4O2S/c1-6-14-28-23(19(5)30-21-13-9-11-16(2)18(21)4)26-27-24(28)31-15-22(29)25-20-12-8-7-10-17(20)3/h6-13,19H,1,14-15H2,2-5H3,(H,25,29). The maximum Gasteiger partial charge on any atom is 0.234 e. The van der Waals surface area contributed by atoms with Crippen LogP contribution in [0.25, 0.3) is 0 Å². The van der Waals surface area contributed by atoms with Crippen molar-refractivity contribution in [3.63, 3.8) is 0 Å². The Morgan fingerprint density at radius 3 is 2.65 bits per heavy atom. The molecule has 6 nitrogen and oxygen atoms in total. The Balaban J connectivity index is 1.71. The minimum Gasteiger partial charge on any atom is -0.482 e. The number of hydrogen-bond acceptors (Lipinski definition) is 5. The lowest BCUT2D eigenvalue weighted by molar-refractivity contribution is -0.113. The van der Waals surface area contributed by atoms with Crippen molar-refractivity contribution in [2.75, 3.05) is 11.1 Å². The maximum absolute atomic E-state index is 12.4. The summed E-state index contributed by atoms with van der Waals surface area (Å²) in [6, 6.07) is 13.7. The van der Waals surface area contributed by atoms with Crippen molar-refractivity contribution in [2.45, 2.75) is 45.5 Å². The fourth-order valence-corrected chi connectivity index (χ4v) is 3.89. The number of benzene rings is 2. The van der Waals surface area contributed by atoms with Gasteiger partial charge in [0.05, 0.1) is 5.75 Å². The highest BCUT2D eigenvalue weighted by atomic mass is 32.2. The molecule has 31 heavy (non-hydrogen) atoms. The smallest absolute Gasteiger partial charge is 0.234 e. The maximum atomic E-state index is 12.4. The number of allylic oxidation sites excluding steroid dienone is 1. The number of anilines is 1. The van der Waals surface area contributed by atoms with E-state index in [9.17, 15) is 4.79 Å². The second-order valence-corrected chi connectivity index (χ2v) is 8.29. The molecule has 0 bridgehead atoms. The quantitative estimate of drug-likeness (QED) is 0.366. The SMILES string of the molecule is C=CCn1c(SCC(=O)Nc2ccccc2C)nnc1C(C)Oc1cccc(C)c1C. The van der Waals surface area contributed by atoms with Gasteiger partial charge in [-0.05, 0) is 56.5 Å². The van der Waals surface area contributed by atoms with Crippen LogP contribution in [-0.4, -0.2) is 26.4 Å². The van der Waals surface area contributed by atoms with Crippen LogP contribution in [-0.2, 0) is 11.3 Å². The molecule has 1 amide bonds. The van der Waals surface area contributed by atoms with Crippen molar-refractivity contribution in [1.82, 2.24) is 14.8 Å². The van der Waals surface area contributed by atoms with Gasteiger partial charge in [0.15, 0.2) is 17.1 Å². The fourth-order valence-electron chi connectivity index (χ4n) is 3.13. The fraction of sp³-hybridized carbons (Fsp3) is 0.292. The molecule has 2 aromatic carbocycles. The minimum absolute atomic E-state index is 0.0892. The molecule has 0 spiro atoms. The van der Waals surface area contributed by atoms with E-state index in [1.165, 1.54) is 17.3 Å². The van der Waals surface area contributed by atoms with Crippen LogP contribution in [0, 0.1) is 20.8 Å². The molecule has 1 unspecified atom stereocenters. The molecule has 1 N–H and O–H groups in total. The third-order valence-electron chi connectivity index (χ3n) is 5.03. The Kier molecular flexibility index (Phi) is 7.52. The van der Waals surface area contributed by atoms with Crippen molar-refractivity contribution < 1.29 is 9.53 Å². The normalized spacial score (nSPS) is 11.7. The van der Waals surface area contributed by atoms with Crippen molar-refractivity contribution in [3.8, 4) is 5.75 Å². The van der Waals surface area contributed by atoms with Crippen LogP contribution in [0.3, 0.4) is 0 Å². The third-order valence-corrected chi connectivity index (χ3v) is 6.00. The van der Waals surface area contributed by atoms with Crippen LogP contribution in [0.2, 0.25) is 0 Å². The zero-order valence-electron chi connectivity index (χ0n) is 18.4. The number of thioether (sulfide) groups is 1. The number of ether oxygens (including phenoxy) is 1. The van der Waals surface area contributed by atoms with Gasteiger partial charge >= 0.3 is 0 Å². The first-order valence-corrected chi connectivity index (χ1v) is 11.1. The van der Waals surface area contributed by atoms with E-state index in [1.807, 2.05) is 61.7 Å². The second-order valence-electron chi connectivity index (χ2n) is 7.35. The van der Waals surface area contributed by atoms with E-state index in [0.717, 1.165) is 22.6 Å². The van der Waals surface area contributed by atoms with Crippen LogP contribution < -0.4 is 10.1 Å². The van der Waals surface area contributed by atoms with Gasteiger partial charge in [0.25, 0.3) is 0 Å². The second kappa shape index (κ2) is 10.3. The number of carbonyl (C=O) groups excluding carboxylic acids is 1. The Bertz CT molecular complexity index is 1080. The Morgan fingerprint density at radius 1 is 1.16 bits per heavy atom. The average Bonchev–Trinajstić information content (AvgIpc) is 3.14. The lowest BCUT2D eigenvalue weighted by atomic mass is 10.1. The van der Waals surface area contributed by atoms with E-state index in [0.29, 0.717) is 17.5 Å². The summed E-state index contributed by atoms with van der Waals surface area (Å²) in [7, 11) is 0. The van der Waals surface area contributed by atoms with Crippen LogP contribution in [0.15, 0.2) is 60.3 Å². The lowest BCUT2D eigenvalue weighted by Gasteiger charge is -2.18. The summed E-state index contributed by atoms with van der Waals surface area (Å²) in [5.41, 5.74) is 4.12. The predicted molar refractivity (Wildman–Crippen MR) is 126 cm³/mol. The Labute approximate surface area is 187 Å². The van der Waals surface area contributed by atoms with E-state index >= 15 is 0 Å². The molecular weight excluding hydrogens is 408 g/mol. The third kappa shape index (κ3) is 5.55. The van der Waals surface area contributed by atoms with Crippen LogP contribution in [0.1, 0.15) is 35.5 Å². The van der Waals surface area contributed by atoms with Gasteiger partial charge in [-0.3, -0.25) is 9.36 Å². The largest absolute Gasteiger partial charge is 0.482 e. The molecule has 1 heterocycles. The molecule has 0 saturated carbocycles. The average molecular weight is 437 g/mol. The molecule has 3 aromatic rings. The molecule has 3 rings (SSSR count). The summed E-state index contributed by atoms with van der Waals surface area (Å²) >= 11 is 1.34. The van der Waals surface area contributed by atoms with E-state index < -0.39 is 0 Å². The summed E-state index contributed by atoms with van der Waals surface area (Å²) in [6.07, 6.45) is 1.48. The van der Waals surface area contributed by atoms with Crippen LogP contribution >= 0.6 is 11.8 Å². The molecule has 1 aromatic heterocycles. The van der Waals surface area contributed by atoms with E-state index in [2.05, 4.69) is 35.1 Å². The van der Waals surface area contributed by atoms with Gasteiger partial charge < -0.3 is 10.1 Å². The first-order chi connectivity index (χ1) is 14.9. The monoisotopic (exact) mass is 436 g/mol. The molecule has 0 aliphatic carbocycles. The molecule has 0 saturated heterocycles. The van der Waals surface area contributed by atoms with Gasteiger partial charge in [0.2, 0.25) is 5.91 Å². The van der Waals surface area contributed by atoms with E-state index in [4.69, 9.17) is 4.74 Å². The van der Waals surface area contributed by atoms with Gasteiger partial charge in [-0.2, -0.15) is 0 Å². The van der Waals surface area contributed by atoms with Gasteiger partial charge in [-0.15, -0.1) is 16.8 Å². The molecular formula is C24H28N4O2S. The molecule has 0 radical (unpaired) electrons. The van der Waals surface area contributed by atoms with Crippen molar-refractivity contribution in [3.05, 3.63) is 77.6 Å². The number of amides is 1. The van der Waals surface area contributed by atoms with Crippen LogP contribution in [0.5, 0.6) is 5.75 Å². The van der Waals surface area contributed by atoms with Crippen molar-refractivity contribution in [2.24, 2.45) is 0 Å². The lowest BCUT2D eigenvalue weighted by Crippen LogP contribution is -2.16. The number of carbonyl (C=O) groups is 1. The van der Waals surface area contributed by atoms with Crippen LogP contribution in [0.4, 0.5) is 5.69 Å². The van der Waals surface area contributed by atoms with E-state index in [1.54, 1.807) is 6.08 Å². The van der Waals surface area contributed by atoms with Gasteiger partial charge in [0, 0.05) is 12.2 Å². The Morgan fingerprint density at radius 2 is 1.90 bits per heavy atom. The zero-order valence-corrected chi connectivity index (χ0v) is 19.2. The van der Waals surface area contributed by atoms with Crippen molar-refractivity contribution in [1.29, 1.82) is 0 Å². The molecule has 0 fully saturated rings. The molecule has 1 atom stereocenters. The highest BCUT2D eigenvalue weighted by molar-refractivity contribution is 7.99. The topological polar surface area (TPSA) is 69.0 Å². The molecule has 0 aliphatic rings. The van der Waals surface area contributed by atoms with Crippen molar-refractivity contribution >= 4 is 23.4 Å². The summed E-state index contributed by atoms with van der Waals surface area (Å²) in [4.78, 5) is 12.4. The Hall–Kier alpha value is -3.06. The van der Waals surface area contributed by atoms with E-state index in [-0.39, 0.29) is 17.8 Å². The summed E-state index contributed by atoms with van der Waals surface area (Å²) in [6.45, 7) is 12.4. The van der Waals surface area contributed by atoms with Gasteiger partial charge in [0.1, 0.15) is 5.75 Å². The number of nitrogens with one attached hydrogen (secondary N) is 1. The number of rotatable bonds is 9. The first-order valence-electron chi connectivity index (χ1n) is 10.2. The number of aromatic nitrogens is 3. The zero-order chi connectivity index (χ0) is 22.4. The van der Waals surface area contributed by atoms with Gasteiger partial charge in [-0.25, -0.2) is 0 Å². The molecule has 0 aliphatic heterocycles. The number of aryl methyl sites for hydroxylation is 2. The number of para-hydroxylation sites is 1. The molecule has 162 valence electrons. The minimum atomic E-state index is -0.303. The summed E-state index contributed by atoms with van der Waals surface area (Å²) < 4.78 is 8.12. The highest BCUT2D eigenvalue weighted by Gasteiger charge is 2.20. The van der Waals surface area contributed by atoms with Gasteiger partial charge in [-0.1, -0.05) is 48.2 Å². The summed E-state index contributed by atoms with van der Waals surface area (Å²) in [5, 5.41) is 12.3. The predicted octanol–water partition coefficient (Wildman–Crippen LogP) is 5.26. The highest BCUT2D eigenvalue weighted by Crippen LogP contribution is 2.28. The first kappa shape index (κ1) is 22.6. The summed E-state index contributed by atoms with van der Waals surface area (Å²) in [5.74, 6) is 1.67. The number of hydrogen-bond donors (Lipinski definition) is 1. The number of nitrogens with zero attached hydrogens (tertiary/aromatic N) is 3.